The number of anilines is 1. The molecule has 3 heterocycles. The molecule has 1 aliphatic carbocycles. The first-order chi connectivity index (χ1) is 18.7. The number of hydrogen-bond donors (Lipinski definition) is 1. The van der Waals surface area contributed by atoms with Gasteiger partial charge in [-0.2, -0.15) is 0 Å². The van der Waals surface area contributed by atoms with Crippen molar-refractivity contribution in [2.75, 3.05) is 5.73 Å². The van der Waals surface area contributed by atoms with Gasteiger partial charge in [0.1, 0.15) is 11.5 Å². The third-order valence-corrected chi connectivity index (χ3v) is 7.39. The van der Waals surface area contributed by atoms with Gasteiger partial charge in [-0.05, 0) is 43.2 Å². The van der Waals surface area contributed by atoms with E-state index in [1.54, 1.807) is 30.7 Å². The van der Waals surface area contributed by atoms with E-state index >= 15 is 0 Å². The Morgan fingerprint density at radius 2 is 1.59 bits per heavy atom. The second-order valence-corrected chi connectivity index (χ2v) is 10.5. The number of aromatic nitrogens is 4. The molecule has 2 aromatic carbocycles. The number of hydrogen-bond acceptors (Lipinski definition) is 6. The fourth-order valence-electron chi connectivity index (χ4n) is 4.38. The first kappa shape index (κ1) is 25.4. The van der Waals surface area contributed by atoms with E-state index < -0.39 is 17.5 Å². The maximum absolute atomic E-state index is 15.0. The summed E-state index contributed by atoms with van der Waals surface area (Å²) in [6, 6.07) is 8.74. The monoisotopic (exact) mass is 579 g/mol. The molecule has 0 amide bonds. The number of halogens is 4. The van der Waals surface area contributed by atoms with Crippen molar-refractivity contribution in [1.29, 1.82) is 0 Å². The zero-order valence-corrected chi connectivity index (χ0v) is 22.2. The van der Waals surface area contributed by atoms with Crippen LogP contribution in [0.2, 0.25) is 15.1 Å². The van der Waals surface area contributed by atoms with Crippen LogP contribution in [0.25, 0.3) is 22.2 Å². The predicted octanol–water partition coefficient (Wildman–Crippen LogP) is 6.97. The summed E-state index contributed by atoms with van der Waals surface area (Å²) in [5.74, 6) is -1.09. The van der Waals surface area contributed by atoms with Crippen LogP contribution < -0.4 is 5.73 Å². The Morgan fingerprint density at radius 1 is 0.923 bits per heavy atom. The molecule has 0 saturated heterocycles. The highest BCUT2D eigenvalue weighted by Crippen LogP contribution is 2.38. The second kappa shape index (κ2) is 9.72. The molecule has 194 valence electrons. The van der Waals surface area contributed by atoms with Crippen LogP contribution in [0.15, 0.2) is 61.2 Å². The van der Waals surface area contributed by atoms with E-state index in [1.807, 2.05) is 0 Å². The van der Waals surface area contributed by atoms with Crippen molar-refractivity contribution >= 4 is 63.2 Å². The minimum atomic E-state index is -0.918. The van der Waals surface area contributed by atoms with E-state index in [4.69, 9.17) is 40.5 Å². The molecule has 0 bridgehead atoms. The van der Waals surface area contributed by atoms with Gasteiger partial charge in [0, 0.05) is 52.2 Å². The van der Waals surface area contributed by atoms with Crippen LogP contribution in [0.1, 0.15) is 50.9 Å². The van der Waals surface area contributed by atoms with Gasteiger partial charge in [0.05, 0.1) is 32.4 Å². The third-order valence-electron chi connectivity index (χ3n) is 6.54. The third kappa shape index (κ3) is 4.54. The van der Waals surface area contributed by atoms with Gasteiger partial charge in [-0.15, -0.1) is 0 Å². The Bertz CT molecular complexity index is 1800. The first-order valence-corrected chi connectivity index (χ1v) is 13.0. The molecule has 0 radical (unpaired) electrons. The highest BCUT2D eigenvalue weighted by Gasteiger charge is 2.28. The van der Waals surface area contributed by atoms with Gasteiger partial charge in [0.15, 0.2) is 11.6 Å². The molecule has 39 heavy (non-hydrogen) atoms. The van der Waals surface area contributed by atoms with E-state index in [-0.39, 0.29) is 43.1 Å². The molecule has 0 spiro atoms. The van der Waals surface area contributed by atoms with Crippen LogP contribution in [0.3, 0.4) is 0 Å². The number of benzene rings is 2. The zero-order chi connectivity index (χ0) is 27.4. The Hall–Kier alpha value is -3.85. The normalized spacial score (nSPS) is 13.1. The van der Waals surface area contributed by atoms with Gasteiger partial charge in [0.25, 0.3) is 5.91 Å². The molecular formula is C28H17Cl3FN5O2. The number of ketones is 1. The van der Waals surface area contributed by atoms with Gasteiger partial charge in [-0.1, -0.05) is 40.9 Å². The lowest BCUT2D eigenvalue weighted by molar-refractivity contribution is 0.0964. The summed E-state index contributed by atoms with van der Waals surface area (Å²) in [6.45, 7) is 0. The molecule has 6 rings (SSSR count). The van der Waals surface area contributed by atoms with Crippen molar-refractivity contribution in [3.05, 3.63) is 105 Å². The molecule has 1 saturated carbocycles. The molecule has 2 N–H and O–H groups in total. The molecule has 1 fully saturated rings. The van der Waals surface area contributed by atoms with Gasteiger partial charge in [-0.3, -0.25) is 14.2 Å². The number of pyridine rings is 1. The SMILES string of the molecule is Nc1cc(Cl)cc(C(=O)c2cn(C(=O)c3c(Cl)cccc3Cl)c3ncc(-c4cnc(C5CC5)nc4)cc23)c1F. The lowest BCUT2D eigenvalue weighted by Gasteiger charge is -2.08. The van der Waals surface area contributed by atoms with Gasteiger partial charge >= 0.3 is 0 Å². The van der Waals surface area contributed by atoms with Gasteiger partial charge < -0.3 is 5.73 Å². The Labute approximate surface area is 236 Å². The van der Waals surface area contributed by atoms with Crippen molar-refractivity contribution in [2.45, 2.75) is 18.8 Å². The van der Waals surface area contributed by atoms with Crippen molar-refractivity contribution in [2.24, 2.45) is 0 Å². The fraction of sp³-hybridized carbons (Fsp3) is 0.107. The van der Waals surface area contributed by atoms with Gasteiger partial charge in [-0.25, -0.2) is 19.3 Å². The standard InChI is InChI=1S/C28H17Cl3FN5O2/c29-16-7-18(24(32)22(33)8-16)25(38)19-12-37(28(39)23-20(30)2-1-3-21(23)31)27-17(19)6-14(9-36-27)15-10-34-26(35-11-15)13-4-5-13/h1-3,6-13H,4-5,33H2. The topological polar surface area (TPSA) is 104 Å². The highest BCUT2D eigenvalue weighted by atomic mass is 35.5. The maximum Gasteiger partial charge on any atom is 0.266 e. The molecule has 1 aliphatic rings. The Morgan fingerprint density at radius 3 is 2.26 bits per heavy atom. The van der Waals surface area contributed by atoms with Crippen molar-refractivity contribution < 1.29 is 14.0 Å². The molecule has 5 aromatic rings. The average molecular weight is 581 g/mol. The summed E-state index contributed by atoms with van der Waals surface area (Å²) >= 11 is 18.7. The van der Waals surface area contributed by atoms with Crippen molar-refractivity contribution in [3.8, 4) is 11.1 Å². The summed E-state index contributed by atoms with van der Waals surface area (Å²) in [7, 11) is 0. The number of carbonyl (C=O) groups excluding carboxylic acids is 2. The summed E-state index contributed by atoms with van der Waals surface area (Å²) in [5, 5.41) is 0.630. The molecule has 11 heteroatoms. The maximum atomic E-state index is 15.0. The number of fused-ring (bicyclic) bond motifs is 1. The quantitative estimate of drug-likeness (QED) is 0.178. The zero-order valence-electron chi connectivity index (χ0n) is 20.0. The number of nitrogens with zero attached hydrogens (tertiary/aromatic N) is 4. The number of rotatable bonds is 5. The van der Waals surface area contributed by atoms with E-state index in [9.17, 15) is 14.0 Å². The van der Waals surface area contributed by atoms with Crippen molar-refractivity contribution in [3.63, 3.8) is 0 Å². The number of carbonyl (C=O) groups is 2. The van der Waals surface area contributed by atoms with E-state index in [0.717, 1.165) is 23.2 Å². The van der Waals surface area contributed by atoms with Gasteiger partial charge in [0.2, 0.25) is 0 Å². The Kier molecular flexibility index (Phi) is 6.33. The fourth-order valence-corrected chi connectivity index (χ4v) is 5.17. The first-order valence-electron chi connectivity index (χ1n) is 11.8. The highest BCUT2D eigenvalue weighted by molar-refractivity contribution is 6.40. The number of nitrogen functional groups attached to an aromatic ring is 1. The van der Waals surface area contributed by atoms with E-state index in [1.165, 1.54) is 30.5 Å². The second-order valence-electron chi connectivity index (χ2n) is 9.20. The Balaban J connectivity index is 1.54. The predicted molar refractivity (Wildman–Crippen MR) is 148 cm³/mol. The average Bonchev–Trinajstić information content (AvgIpc) is 3.70. The summed E-state index contributed by atoms with van der Waals surface area (Å²) in [6.07, 6.45) is 8.35. The van der Waals surface area contributed by atoms with Crippen LogP contribution in [-0.4, -0.2) is 31.2 Å². The molecule has 0 atom stereocenters. The van der Waals surface area contributed by atoms with Crippen LogP contribution in [0.4, 0.5) is 10.1 Å². The molecule has 0 unspecified atom stereocenters. The van der Waals surface area contributed by atoms with Crippen LogP contribution in [-0.2, 0) is 0 Å². The summed E-state index contributed by atoms with van der Waals surface area (Å²) < 4.78 is 16.1. The van der Waals surface area contributed by atoms with Crippen LogP contribution in [0, 0.1) is 5.82 Å². The van der Waals surface area contributed by atoms with Crippen molar-refractivity contribution in [1.82, 2.24) is 19.5 Å². The van der Waals surface area contributed by atoms with E-state index in [2.05, 4.69) is 15.0 Å². The lowest BCUT2D eigenvalue weighted by atomic mass is 10.0. The molecule has 0 aliphatic heterocycles. The minimum absolute atomic E-state index is 0.00645. The molecule has 7 nitrogen and oxygen atoms in total. The lowest BCUT2D eigenvalue weighted by Crippen LogP contribution is -2.13. The minimum Gasteiger partial charge on any atom is -0.396 e. The molecular weight excluding hydrogens is 564 g/mol. The summed E-state index contributed by atoms with van der Waals surface area (Å²) in [5.41, 5.74) is 6.56. The van der Waals surface area contributed by atoms with E-state index in [0.29, 0.717) is 22.4 Å². The largest absolute Gasteiger partial charge is 0.396 e. The number of nitrogens with two attached hydrogens (primary N) is 1. The van der Waals surface area contributed by atoms with Crippen LogP contribution in [0.5, 0.6) is 0 Å². The smallest absolute Gasteiger partial charge is 0.266 e. The van der Waals surface area contributed by atoms with Crippen LogP contribution >= 0.6 is 34.8 Å². The summed E-state index contributed by atoms with van der Waals surface area (Å²) in [4.78, 5) is 40.7. The molecule has 3 aromatic heterocycles.